The average molecular weight is 208 g/mol. The van der Waals surface area contributed by atoms with E-state index in [0.717, 1.165) is 11.1 Å². The van der Waals surface area contributed by atoms with Gasteiger partial charge in [-0.2, -0.15) is 0 Å². The summed E-state index contributed by atoms with van der Waals surface area (Å²) in [4.78, 5) is 10.9. The Morgan fingerprint density at radius 2 is 2.20 bits per heavy atom. The molecular formula is C12H16O3. The van der Waals surface area contributed by atoms with Crippen molar-refractivity contribution in [1.29, 1.82) is 0 Å². The molecule has 82 valence electrons. The molecule has 0 bridgehead atoms. The minimum atomic E-state index is -0.834. The van der Waals surface area contributed by atoms with E-state index in [1.807, 2.05) is 32.0 Å². The fraction of sp³-hybridized carbons (Fsp3) is 0.417. The van der Waals surface area contributed by atoms with Crippen LogP contribution in [0.1, 0.15) is 30.9 Å². The third-order valence-corrected chi connectivity index (χ3v) is 2.31. The van der Waals surface area contributed by atoms with E-state index in [4.69, 9.17) is 9.84 Å². The van der Waals surface area contributed by atoms with Crippen molar-refractivity contribution in [2.45, 2.75) is 26.7 Å². The molecule has 3 nitrogen and oxygen atoms in total. The van der Waals surface area contributed by atoms with Crippen LogP contribution in [-0.4, -0.2) is 17.7 Å². The second-order valence-corrected chi connectivity index (χ2v) is 3.53. The summed E-state index contributed by atoms with van der Waals surface area (Å²) >= 11 is 0. The molecule has 0 fully saturated rings. The normalized spacial score (nSPS) is 12.2. The topological polar surface area (TPSA) is 46.5 Å². The average Bonchev–Trinajstić information content (AvgIpc) is 2.17. The van der Waals surface area contributed by atoms with Crippen molar-refractivity contribution in [2.75, 3.05) is 6.61 Å². The summed E-state index contributed by atoms with van der Waals surface area (Å²) in [6.45, 7) is 6.05. The van der Waals surface area contributed by atoms with Crippen LogP contribution in [0.5, 0.6) is 5.75 Å². The molecule has 0 spiro atoms. The lowest BCUT2D eigenvalue weighted by atomic mass is 9.99. The maximum Gasteiger partial charge on any atom is 0.310 e. The smallest absolute Gasteiger partial charge is 0.310 e. The Labute approximate surface area is 89.7 Å². The first-order chi connectivity index (χ1) is 7.06. The Hall–Kier alpha value is -1.51. The van der Waals surface area contributed by atoms with Crippen molar-refractivity contribution in [1.82, 2.24) is 0 Å². The number of hydrogen-bond acceptors (Lipinski definition) is 2. The molecule has 0 heterocycles. The Bertz CT molecular complexity index is 358. The maximum atomic E-state index is 10.9. The largest absolute Gasteiger partial charge is 0.494 e. The Balaban J connectivity index is 3.10. The van der Waals surface area contributed by atoms with Crippen molar-refractivity contribution in [3.8, 4) is 5.75 Å². The predicted octanol–water partition coefficient (Wildman–Crippen LogP) is 2.58. The number of carboxylic acids is 1. The maximum absolute atomic E-state index is 10.9. The van der Waals surface area contributed by atoms with Crippen LogP contribution in [0.3, 0.4) is 0 Å². The standard InChI is InChI=1S/C12H16O3/c1-4-15-11-7-8(2)5-6-10(11)9(3)12(13)14/h5-7,9H,4H2,1-3H3,(H,13,14). The Morgan fingerprint density at radius 3 is 2.73 bits per heavy atom. The minimum absolute atomic E-state index is 0.535. The third-order valence-electron chi connectivity index (χ3n) is 2.31. The van der Waals surface area contributed by atoms with Crippen molar-refractivity contribution in [3.05, 3.63) is 29.3 Å². The molecule has 1 aromatic rings. The molecule has 0 aliphatic rings. The zero-order valence-electron chi connectivity index (χ0n) is 9.28. The van der Waals surface area contributed by atoms with Gasteiger partial charge in [-0.15, -0.1) is 0 Å². The summed E-state index contributed by atoms with van der Waals surface area (Å²) in [7, 11) is 0. The van der Waals surface area contributed by atoms with Gasteiger partial charge in [0.1, 0.15) is 5.75 Å². The van der Waals surface area contributed by atoms with Gasteiger partial charge in [0.25, 0.3) is 0 Å². The molecule has 0 saturated carbocycles. The van der Waals surface area contributed by atoms with Crippen LogP contribution in [-0.2, 0) is 4.79 Å². The number of hydrogen-bond donors (Lipinski definition) is 1. The molecule has 1 aromatic carbocycles. The van der Waals surface area contributed by atoms with Crippen molar-refractivity contribution >= 4 is 5.97 Å². The number of benzene rings is 1. The molecule has 1 atom stereocenters. The van der Waals surface area contributed by atoms with Crippen LogP contribution in [0.2, 0.25) is 0 Å². The number of carboxylic acid groups (broad SMARTS) is 1. The Kier molecular flexibility index (Phi) is 3.72. The predicted molar refractivity (Wildman–Crippen MR) is 58.4 cm³/mol. The zero-order valence-corrected chi connectivity index (χ0v) is 9.28. The molecular weight excluding hydrogens is 192 g/mol. The molecule has 1 unspecified atom stereocenters. The van der Waals surface area contributed by atoms with E-state index in [2.05, 4.69) is 0 Å². The number of ether oxygens (including phenoxy) is 1. The molecule has 0 saturated heterocycles. The van der Waals surface area contributed by atoms with Crippen LogP contribution in [0.25, 0.3) is 0 Å². The van der Waals surface area contributed by atoms with Crippen LogP contribution in [0.15, 0.2) is 18.2 Å². The number of rotatable bonds is 4. The van der Waals surface area contributed by atoms with E-state index in [1.165, 1.54) is 0 Å². The van der Waals surface area contributed by atoms with Crippen LogP contribution >= 0.6 is 0 Å². The summed E-state index contributed by atoms with van der Waals surface area (Å²) in [6, 6.07) is 5.59. The van der Waals surface area contributed by atoms with Crippen LogP contribution in [0.4, 0.5) is 0 Å². The summed E-state index contributed by atoms with van der Waals surface area (Å²) in [5, 5.41) is 8.94. The fourth-order valence-corrected chi connectivity index (χ4v) is 1.41. The van der Waals surface area contributed by atoms with E-state index >= 15 is 0 Å². The van der Waals surface area contributed by atoms with E-state index in [0.29, 0.717) is 12.4 Å². The third kappa shape index (κ3) is 2.72. The minimum Gasteiger partial charge on any atom is -0.494 e. The lowest BCUT2D eigenvalue weighted by molar-refractivity contribution is -0.138. The van der Waals surface area contributed by atoms with Crippen molar-refractivity contribution in [3.63, 3.8) is 0 Å². The summed E-state index contributed by atoms with van der Waals surface area (Å²) < 4.78 is 5.43. The quantitative estimate of drug-likeness (QED) is 0.827. The first-order valence-corrected chi connectivity index (χ1v) is 5.02. The number of aryl methyl sites for hydroxylation is 1. The molecule has 0 radical (unpaired) electrons. The highest BCUT2D eigenvalue weighted by atomic mass is 16.5. The first-order valence-electron chi connectivity index (χ1n) is 5.02. The van der Waals surface area contributed by atoms with Gasteiger partial charge in [0.15, 0.2) is 0 Å². The van der Waals surface area contributed by atoms with Gasteiger partial charge in [-0.1, -0.05) is 12.1 Å². The van der Waals surface area contributed by atoms with Gasteiger partial charge in [-0.3, -0.25) is 4.79 Å². The van der Waals surface area contributed by atoms with Crippen molar-refractivity contribution in [2.24, 2.45) is 0 Å². The lowest BCUT2D eigenvalue weighted by Crippen LogP contribution is -2.09. The van der Waals surface area contributed by atoms with Crippen molar-refractivity contribution < 1.29 is 14.6 Å². The van der Waals surface area contributed by atoms with E-state index < -0.39 is 11.9 Å². The highest BCUT2D eigenvalue weighted by Crippen LogP contribution is 2.27. The zero-order chi connectivity index (χ0) is 11.4. The molecule has 0 aliphatic heterocycles. The van der Waals surface area contributed by atoms with Gasteiger partial charge in [0.2, 0.25) is 0 Å². The highest BCUT2D eigenvalue weighted by molar-refractivity contribution is 5.76. The fourth-order valence-electron chi connectivity index (χ4n) is 1.41. The molecule has 0 aliphatic carbocycles. The number of carbonyl (C=O) groups is 1. The first kappa shape index (κ1) is 11.6. The molecule has 1 rings (SSSR count). The van der Waals surface area contributed by atoms with E-state index in [9.17, 15) is 4.79 Å². The second-order valence-electron chi connectivity index (χ2n) is 3.53. The molecule has 3 heteroatoms. The van der Waals surface area contributed by atoms with E-state index in [1.54, 1.807) is 6.92 Å². The summed E-state index contributed by atoms with van der Waals surface area (Å²) in [5.74, 6) is -0.695. The molecule has 15 heavy (non-hydrogen) atoms. The van der Waals surface area contributed by atoms with E-state index in [-0.39, 0.29) is 0 Å². The molecule has 1 N–H and O–H groups in total. The summed E-state index contributed by atoms with van der Waals surface area (Å²) in [6.07, 6.45) is 0. The van der Waals surface area contributed by atoms with Gasteiger partial charge >= 0.3 is 5.97 Å². The summed E-state index contributed by atoms with van der Waals surface area (Å²) in [5.41, 5.74) is 1.80. The molecule has 0 aromatic heterocycles. The second kappa shape index (κ2) is 4.82. The molecule has 0 amide bonds. The van der Waals surface area contributed by atoms with Gasteiger partial charge in [-0.25, -0.2) is 0 Å². The highest BCUT2D eigenvalue weighted by Gasteiger charge is 2.18. The van der Waals surface area contributed by atoms with Gasteiger partial charge < -0.3 is 9.84 Å². The van der Waals surface area contributed by atoms with Crippen LogP contribution < -0.4 is 4.74 Å². The van der Waals surface area contributed by atoms with Crippen LogP contribution in [0, 0.1) is 6.92 Å². The number of aliphatic carboxylic acids is 1. The van der Waals surface area contributed by atoms with Gasteiger partial charge in [-0.05, 0) is 32.4 Å². The van der Waals surface area contributed by atoms with Gasteiger partial charge in [0.05, 0.1) is 12.5 Å². The monoisotopic (exact) mass is 208 g/mol. The SMILES string of the molecule is CCOc1cc(C)ccc1C(C)C(=O)O. The van der Waals surface area contributed by atoms with Gasteiger partial charge in [0, 0.05) is 5.56 Å². The lowest BCUT2D eigenvalue weighted by Gasteiger charge is -2.13. The Morgan fingerprint density at radius 1 is 1.53 bits per heavy atom.